The second-order valence-electron chi connectivity index (χ2n) is 14.1. The van der Waals surface area contributed by atoms with Gasteiger partial charge in [-0.2, -0.15) is 0 Å². The highest BCUT2D eigenvalue weighted by atomic mass is 28.3. The molecule has 6 rings (SSSR count). The zero-order valence-electron chi connectivity index (χ0n) is 29.2. The number of nitrogens with zero attached hydrogens (tertiary/aromatic N) is 2. The van der Waals surface area contributed by atoms with Crippen LogP contribution in [0.3, 0.4) is 0 Å². The van der Waals surface area contributed by atoms with E-state index in [2.05, 4.69) is 159 Å². The van der Waals surface area contributed by atoms with E-state index in [4.69, 9.17) is 9.97 Å². The highest BCUT2D eigenvalue weighted by Gasteiger charge is 2.25. The van der Waals surface area contributed by atoms with Crippen LogP contribution in [-0.2, 0) is 0 Å². The molecule has 4 aromatic carbocycles. The number of rotatable bonds is 9. The van der Waals surface area contributed by atoms with Gasteiger partial charge in [0.15, 0.2) is 0 Å². The van der Waals surface area contributed by atoms with E-state index in [-0.39, 0.29) is 0 Å². The van der Waals surface area contributed by atoms with Crippen molar-refractivity contribution in [2.45, 2.75) is 78.3 Å². The summed E-state index contributed by atoms with van der Waals surface area (Å²) in [7, 11) is -0.810. The number of pyridine rings is 2. The predicted molar refractivity (Wildman–Crippen MR) is 205 cm³/mol. The van der Waals surface area contributed by atoms with E-state index in [9.17, 15) is 0 Å². The van der Waals surface area contributed by atoms with Gasteiger partial charge < -0.3 is 0 Å². The van der Waals surface area contributed by atoms with E-state index in [1.54, 1.807) is 0 Å². The third-order valence-electron chi connectivity index (χ3n) is 9.30. The highest BCUT2D eigenvalue weighted by molar-refractivity contribution is 6.77. The molecule has 237 valence electrons. The maximum atomic E-state index is 5.47. The van der Waals surface area contributed by atoms with Gasteiger partial charge in [0.05, 0.1) is 25.7 Å². The first kappa shape index (κ1) is 32.6. The maximum absolute atomic E-state index is 5.47. The van der Waals surface area contributed by atoms with Crippen molar-refractivity contribution in [2.75, 3.05) is 0 Å². The molecule has 0 spiro atoms. The Kier molecular flexibility index (Phi) is 9.56. The highest BCUT2D eigenvalue weighted by Crippen LogP contribution is 2.42. The Labute approximate surface area is 283 Å². The van der Waals surface area contributed by atoms with Crippen LogP contribution in [0, 0.1) is 0 Å². The molecule has 0 atom stereocenters. The fraction of sp³-hybridized carbons (Fsp3) is 0.273. The van der Waals surface area contributed by atoms with Crippen LogP contribution < -0.4 is 5.19 Å². The molecule has 2 heterocycles. The van der Waals surface area contributed by atoms with Crippen molar-refractivity contribution in [1.82, 2.24) is 9.97 Å². The molecule has 3 heteroatoms. The van der Waals surface area contributed by atoms with Gasteiger partial charge in [0.1, 0.15) is 0 Å². The van der Waals surface area contributed by atoms with Crippen molar-refractivity contribution in [3.63, 3.8) is 0 Å². The number of hydrogen-bond acceptors (Lipinski definition) is 2. The van der Waals surface area contributed by atoms with Gasteiger partial charge in [0, 0.05) is 22.7 Å². The molecule has 0 fully saturated rings. The zero-order chi connectivity index (χ0) is 33.2. The largest absolute Gasteiger partial charge is 0.256 e. The van der Waals surface area contributed by atoms with Gasteiger partial charge in [0.2, 0.25) is 0 Å². The minimum atomic E-state index is -0.810. The van der Waals surface area contributed by atoms with Crippen LogP contribution in [0.4, 0.5) is 0 Å². The third-order valence-corrected chi connectivity index (χ3v) is 12.8. The van der Waals surface area contributed by atoms with E-state index < -0.39 is 8.80 Å². The van der Waals surface area contributed by atoms with Gasteiger partial charge in [-0.1, -0.05) is 128 Å². The smallest absolute Gasteiger partial charge is 0.0939 e. The topological polar surface area (TPSA) is 25.8 Å². The molecule has 0 bridgehead atoms. The van der Waals surface area contributed by atoms with E-state index in [0.717, 1.165) is 28.0 Å². The minimum absolute atomic E-state index is 0.349. The molecule has 0 amide bonds. The lowest BCUT2D eigenvalue weighted by Gasteiger charge is -2.24. The van der Waals surface area contributed by atoms with Crippen LogP contribution in [0.2, 0.25) is 11.1 Å². The van der Waals surface area contributed by atoms with Gasteiger partial charge in [0.25, 0.3) is 0 Å². The molecule has 0 saturated heterocycles. The standard InChI is InChI=1S/C44H47N2Si/c1-28(2)38-26-34(32-15-10-9-11-16-32)27-39(29(3)4)43(38)37-24-35(40-18-12-13-22-45-40)23-36(25-37)41-21-20-33-17-14-19-42(44(33)46-41)47(30(5)6)31(7)8/h9-31H,1-8H3. The lowest BCUT2D eigenvalue weighted by molar-refractivity contribution is 0.839. The fourth-order valence-electron chi connectivity index (χ4n) is 7.16. The monoisotopic (exact) mass is 631 g/mol. The van der Waals surface area contributed by atoms with E-state index >= 15 is 0 Å². The molecule has 0 aliphatic heterocycles. The van der Waals surface area contributed by atoms with E-state index in [1.807, 2.05) is 12.3 Å². The second-order valence-corrected chi connectivity index (χ2v) is 17.8. The summed E-state index contributed by atoms with van der Waals surface area (Å²) < 4.78 is 0. The van der Waals surface area contributed by atoms with E-state index in [1.165, 1.54) is 44.0 Å². The zero-order valence-corrected chi connectivity index (χ0v) is 30.2. The lowest BCUT2D eigenvalue weighted by Crippen LogP contribution is -2.36. The first-order valence-corrected chi connectivity index (χ1v) is 18.8. The van der Waals surface area contributed by atoms with Gasteiger partial charge in [-0.3, -0.25) is 4.98 Å². The number of para-hydroxylation sites is 1. The molecular weight excluding hydrogens is 585 g/mol. The van der Waals surface area contributed by atoms with Crippen LogP contribution in [0.25, 0.3) is 55.7 Å². The average Bonchev–Trinajstić information content (AvgIpc) is 3.08. The van der Waals surface area contributed by atoms with Crippen LogP contribution in [0.15, 0.2) is 115 Å². The normalized spacial score (nSPS) is 11.9. The van der Waals surface area contributed by atoms with Gasteiger partial charge >= 0.3 is 0 Å². The van der Waals surface area contributed by atoms with Crippen molar-refractivity contribution < 1.29 is 0 Å². The first-order chi connectivity index (χ1) is 22.6. The number of fused-ring (bicyclic) bond motifs is 1. The molecule has 47 heavy (non-hydrogen) atoms. The molecule has 2 aromatic heterocycles. The van der Waals surface area contributed by atoms with Crippen LogP contribution in [-0.4, -0.2) is 18.8 Å². The van der Waals surface area contributed by atoms with Crippen molar-refractivity contribution in [2.24, 2.45) is 0 Å². The summed E-state index contributed by atoms with van der Waals surface area (Å²) >= 11 is 0. The Morgan fingerprint density at radius 3 is 1.70 bits per heavy atom. The molecule has 2 nitrogen and oxygen atoms in total. The first-order valence-electron chi connectivity index (χ1n) is 17.2. The summed E-state index contributed by atoms with van der Waals surface area (Å²) in [6.45, 7) is 18.8. The van der Waals surface area contributed by atoms with Crippen LogP contribution >= 0.6 is 0 Å². The number of benzene rings is 4. The summed E-state index contributed by atoms with van der Waals surface area (Å²) in [6.07, 6.45) is 1.89. The third kappa shape index (κ3) is 6.73. The molecule has 0 unspecified atom stereocenters. The molecule has 0 saturated carbocycles. The minimum Gasteiger partial charge on any atom is -0.256 e. The Morgan fingerprint density at radius 2 is 1.11 bits per heavy atom. The van der Waals surface area contributed by atoms with Gasteiger partial charge in [-0.05, 0) is 97.9 Å². The predicted octanol–water partition coefficient (Wildman–Crippen LogP) is 12.1. The van der Waals surface area contributed by atoms with Gasteiger partial charge in [-0.25, -0.2) is 4.98 Å². The Balaban J connectivity index is 1.62. The molecule has 6 aromatic rings. The molecular formula is C44H47N2Si. The molecule has 0 aliphatic rings. The van der Waals surface area contributed by atoms with E-state index in [0.29, 0.717) is 22.9 Å². The van der Waals surface area contributed by atoms with Crippen molar-refractivity contribution in [3.05, 3.63) is 127 Å². The Hall–Kier alpha value is -4.34. The molecule has 1 radical (unpaired) electrons. The summed E-state index contributed by atoms with van der Waals surface area (Å²) in [4.78, 5) is 10.3. The number of hydrogen-bond donors (Lipinski definition) is 0. The summed E-state index contributed by atoms with van der Waals surface area (Å²) in [5.74, 6) is 0.698. The number of aromatic nitrogens is 2. The summed E-state index contributed by atoms with van der Waals surface area (Å²) in [5.41, 5.74) is 14.4. The van der Waals surface area contributed by atoms with Crippen LogP contribution in [0.5, 0.6) is 0 Å². The average molecular weight is 632 g/mol. The quantitative estimate of drug-likeness (QED) is 0.148. The van der Waals surface area contributed by atoms with Crippen molar-refractivity contribution >= 4 is 24.9 Å². The Morgan fingerprint density at radius 1 is 0.489 bits per heavy atom. The van der Waals surface area contributed by atoms with Gasteiger partial charge in [-0.15, -0.1) is 0 Å². The lowest BCUT2D eigenvalue weighted by atomic mass is 9.81. The van der Waals surface area contributed by atoms with Crippen LogP contribution in [0.1, 0.15) is 78.4 Å². The SMILES string of the molecule is CC(C)c1cc(-c2ccccc2)cc(C(C)C)c1-c1cc(-c2ccccn2)cc(-c2ccc3cccc([Si](C(C)C)C(C)C)c3n2)c1. The van der Waals surface area contributed by atoms with Crippen molar-refractivity contribution in [1.29, 1.82) is 0 Å². The Bertz CT molecular complexity index is 1950. The molecule has 0 aliphatic carbocycles. The summed E-state index contributed by atoms with van der Waals surface area (Å²) in [5, 5.41) is 2.66. The molecule has 0 N–H and O–H groups in total. The second kappa shape index (κ2) is 13.8. The van der Waals surface area contributed by atoms with Crippen molar-refractivity contribution in [3.8, 4) is 44.8 Å². The fourth-order valence-corrected chi connectivity index (χ4v) is 10.5. The maximum Gasteiger partial charge on any atom is 0.0939 e. The summed E-state index contributed by atoms with van der Waals surface area (Å²) in [6, 6.07) is 40.0.